The van der Waals surface area contributed by atoms with Gasteiger partial charge in [-0.05, 0) is 39.8 Å². The molecular weight excluding hydrogens is 454 g/mol. The molecule has 0 spiro atoms. The lowest BCUT2D eigenvalue weighted by Crippen LogP contribution is -2.50. The number of rotatable bonds is 3. The molecule has 0 bridgehead atoms. The number of nitrogens with zero attached hydrogens (tertiary/aromatic N) is 5. The van der Waals surface area contributed by atoms with Gasteiger partial charge < -0.3 is 9.64 Å². The zero-order valence-electron chi connectivity index (χ0n) is 21.1. The Hall–Kier alpha value is -3.62. The van der Waals surface area contributed by atoms with Crippen molar-refractivity contribution in [1.29, 1.82) is 0 Å². The summed E-state index contributed by atoms with van der Waals surface area (Å²) in [7, 11) is 0. The Balaban J connectivity index is 1.73. The number of para-hydroxylation sites is 2. The Labute approximate surface area is 211 Å². The molecule has 1 atom stereocenters. The summed E-state index contributed by atoms with van der Waals surface area (Å²) in [5, 5.41) is 0. The van der Waals surface area contributed by atoms with E-state index < -0.39 is 11.6 Å². The summed E-state index contributed by atoms with van der Waals surface area (Å²) in [6, 6.07) is 16.7. The van der Waals surface area contributed by atoms with E-state index in [0.29, 0.717) is 54.9 Å². The van der Waals surface area contributed by atoms with Gasteiger partial charge in [-0.3, -0.25) is 19.4 Å². The topological polar surface area (TPSA) is 78.9 Å². The average Bonchev–Trinajstić information content (AvgIpc) is 3.00. The van der Waals surface area contributed by atoms with Gasteiger partial charge in [0.15, 0.2) is 11.6 Å². The van der Waals surface area contributed by atoms with E-state index in [9.17, 15) is 9.59 Å². The summed E-state index contributed by atoms with van der Waals surface area (Å²) in [6.45, 7) is 10.4. The van der Waals surface area contributed by atoms with Gasteiger partial charge >= 0.3 is 0 Å². The SMILES string of the molecule is CC(C(=O)N1c2ccccc2N(C(C)(C)C)C(=O)c2cnc(-c3ccccc3)nc21)N1CCOCC1. The molecule has 186 valence electrons. The number of amides is 2. The molecule has 1 saturated heterocycles. The Morgan fingerprint density at radius 2 is 1.61 bits per heavy atom. The molecule has 5 rings (SSSR count). The van der Waals surface area contributed by atoms with Gasteiger partial charge in [0, 0.05) is 30.4 Å². The van der Waals surface area contributed by atoms with Crippen molar-refractivity contribution in [2.75, 3.05) is 36.1 Å². The van der Waals surface area contributed by atoms with E-state index >= 15 is 0 Å². The Morgan fingerprint density at radius 1 is 0.972 bits per heavy atom. The first-order valence-corrected chi connectivity index (χ1v) is 12.3. The first kappa shape index (κ1) is 24.1. The van der Waals surface area contributed by atoms with Crippen molar-refractivity contribution in [2.45, 2.75) is 39.3 Å². The molecule has 2 aromatic carbocycles. The molecule has 0 radical (unpaired) electrons. The van der Waals surface area contributed by atoms with Crippen molar-refractivity contribution in [3.63, 3.8) is 0 Å². The van der Waals surface area contributed by atoms with Crippen LogP contribution in [0.3, 0.4) is 0 Å². The number of benzene rings is 2. The molecule has 3 heterocycles. The van der Waals surface area contributed by atoms with Crippen LogP contribution in [-0.2, 0) is 9.53 Å². The van der Waals surface area contributed by atoms with Gasteiger partial charge in [0.25, 0.3) is 5.91 Å². The predicted molar refractivity (Wildman–Crippen MR) is 139 cm³/mol. The minimum atomic E-state index is -0.544. The summed E-state index contributed by atoms with van der Waals surface area (Å²) in [6.07, 6.45) is 1.55. The average molecular weight is 486 g/mol. The lowest BCUT2D eigenvalue weighted by molar-refractivity contribution is -0.124. The summed E-state index contributed by atoms with van der Waals surface area (Å²) < 4.78 is 5.50. The van der Waals surface area contributed by atoms with Gasteiger partial charge in [0.2, 0.25) is 5.91 Å². The molecule has 0 N–H and O–H groups in total. The molecule has 0 saturated carbocycles. The van der Waals surface area contributed by atoms with Gasteiger partial charge in [0.1, 0.15) is 5.56 Å². The highest BCUT2D eigenvalue weighted by Gasteiger charge is 2.41. The second-order valence-corrected chi connectivity index (χ2v) is 10.1. The summed E-state index contributed by atoms with van der Waals surface area (Å²) in [5.41, 5.74) is 1.85. The van der Waals surface area contributed by atoms with E-state index in [4.69, 9.17) is 9.72 Å². The molecule has 3 aromatic rings. The van der Waals surface area contributed by atoms with Crippen molar-refractivity contribution >= 4 is 29.0 Å². The number of ether oxygens (including phenoxy) is 1. The first-order chi connectivity index (χ1) is 17.3. The van der Waals surface area contributed by atoms with Gasteiger partial charge in [-0.25, -0.2) is 9.97 Å². The highest BCUT2D eigenvalue weighted by Crippen LogP contribution is 2.43. The maximum Gasteiger partial charge on any atom is 0.264 e. The Kier molecular flexibility index (Phi) is 6.32. The van der Waals surface area contributed by atoms with Crippen LogP contribution in [0.4, 0.5) is 17.2 Å². The number of aromatic nitrogens is 2. The molecule has 1 fully saturated rings. The maximum atomic E-state index is 14.2. The number of morpholine rings is 1. The summed E-state index contributed by atoms with van der Waals surface area (Å²) in [5.74, 6) is 0.379. The van der Waals surface area contributed by atoms with E-state index in [2.05, 4.69) is 9.88 Å². The van der Waals surface area contributed by atoms with Crippen LogP contribution >= 0.6 is 0 Å². The van der Waals surface area contributed by atoms with Gasteiger partial charge in [0.05, 0.1) is 30.6 Å². The number of carbonyl (C=O) groups excluding carboxylic acids is 2. The lowest BCUT2D eigenvalue weighted by Gasteiger charge is -2.37. The number of anilines is 3. The van der Waals surface area contributed by atoms with Crippen LogP contribution in [0, 0.1) is 0 Å². The molecule has 36 heavy (non-hydrogen) atoms. The fourth-order valence-electron chi connectivity index (χ4n) is 4.80. The molecule has 2 aliphatic heterocycles. The zero-order valence-corrected chi connectivity index (χ0v) is 21.1. The highest BCUT2D eigenvalue weighted by molar-refractivity contribution is 6.19. The zero-order chi connectivity index (χ0) is 25.4. The van der Waals surface area contributed by atoms with E-state index in [-0.39, 0.29) is 11.8 Å². The first-order valence-electron chi connectivity index (χ1n) is 12.3. The summed E-state index contributed by atoms with van der Waals surface area (Å²) >= 11 is 0. The van der Waals surface area contributed by atoms with Crippen LogP contribution in [0.5, 0.6) is 0 Å². The summed E-state index contributed by atoms with van der Waals surface area (Å²) in [4.78, 5) is 43.1. The van der Waals surface area contributed by atoms with Crippen LogP contribution in [0.25, 0.3) is 11.4 Å². The monoisotopic (exact) mass is 485 g/mol. The van der Waals surface area contributed by atoms with Gasteiger partial charge in [-0.1, -0.05) is 42.5 Å². The molecular formula is C28H31N5O3. The quantitative estimate of drug-likeness (QED) is 0.551. The minimum absolute atomic E-state index is 0.146. The molecule has 2 aliphatic rings. The third-order valence-corrected chi connectivity index (χ3v) is 6.65. The number of fused-ring (bicyclic) bond motifs is 2. The van der Waals surface area contributed by atoms with Crippen LogP contribution in [-0.4, -0.2) is 64.6 Å². The van der Waals surface area contributed by atoms with Crippen molar-refractivity contribution in [2.24, 2.45) is 0 Å². The standard InChI is InChI=1S/C28H31N5O3/c1-19(31-14-16-36-17-15-31)26(34)32-22-12-8-9-13-23(22)33(28(2,3)4)27(35)21-18-29-24(30-25(21)32)20-10-6-5-7-11-20/h5-13,18-19H,14-17H2,1-4H3. The second kappa shape index (κ2) is 9.44. The number of carbonyl (C=O) groups is 2. The predicted octanol–water partition coefficient (Wildman–Crippen LogP) is 4.29. The number of hydrogen-bond donors (Lipinski definition) is 0. The van der Waals surface area contributed by atoms with E-state index in [1.54, 1.807) is 16.0 Å². The number of hydrogen-bond acceptors (Lipinski definition) is 6. The van der Waals surface area contributed by atoms with Gasteiger partial charge in [-0.2, -0.15) is 0 Å². The van der Waals surface area contributed by atoms with Crippen LogP contribution < -0.4 is 9.80 Å². The van der Waals surface area contributed by atoms with Crippen molar-refractivity contribution < 1.29 is 14.3 Å². The van der Waals surface area contributed by atoms with E-state index in [1.165, 1.54) is 0 Å². The Bertz CT molecular complexity index is 1280. The van der Waals surface area contributed by atoms with Crippen molar-refractivity contribution in [1.82, 2.24) is 14.9 Å². The lowest BCUT2D eigenvalue weighted by atomic mass is 10.0. The van der Waals surface area contributed by atoms with Gasteiger partial charge in [-0.15, -0.1) is 0 Å². The molecule has 8 heteroatoms. The fourth-order valence-corrected chi connectivity index (χ4v) is 4.80. The largest absolute Gasteiger partial charge is 0.379 e. The maximum absolute atomic E-state index is 14.2. The minimum Gasteiger partial charge on any atom is -0.379 e. The van der Waals surface area contributed by atoms with E-state index in [0.717, 1.165) is 5.56 Å². The molecule has 1 aromatic heterocycles. The second-order valence-electron chi connectivity index (χ2n) is 10.1. The molecule has 1 unspecified atom stereocenters. The molecule has 0 aliphatic carbocycles. The van der Waals surface area contributed by atoms with Crippen LogP contribution in [0.15, 0.2) is 60.8 Å². The third kappa shape index (κ3) is 4.27. The van der Waals surface area contributed by atoms with Crippen LogP contribution in [0.2, 0.25) is 0 Å². The van der Waals surface area contributed by atoms with Crippen molar-refractivity contribution in [3.8, 4) is 11.4 Å². The molecule has 8 nitrogen and oxygen atoms in total. The normalized spacial score (nSPS) is 17.3. The highest BCUT2D eigenvalue weighted by atomic mass is 16.5. The smallest absolute Gasteiger partial charge is 0.264 e. The molecule has 2 amide bonds. The third-order valence-electron chi connectivity index (χ3n) is 6.65. The van der Waals surface area contributed by atoms with E-state index in [1.807, 2.05) is 82.3 Å². The van der Waals surface area contributed by atoms with Crippen LogP contribution in [0.1, 0.15) is 38.1 Å². The Morgan fingerprint density at radius 3 is 2.28 bits per heavy atom. The van der Waals surface area contributed by atoms with Crippen molar-refractivity contribution in [3.05, 3.63) is 66.4 Å². The fraction of sp³-hybridized carbons (Fsp3) is 0.357.